The molecule has 1 rings (SSSR count). The highest BCUT2D eigenvalue weighted by Gasteiger charge is 2.45. The van der Waals surface area contributed by atoms with Gasteiger partial charge in [-0.3, -0.25) is 9.59 Å². The number of hydrogen-bond acceptors (Lipinski definition) is 3. The van der Waals surface area contributed by atoms with Crippen LogP contribution in [0.4, 0.5) is 0 Å². The Kier molecular flexibility index (Phi) is 4.51. The number of carbonyl (C=O) groups is 2. The van der Waals surface area contributed by atoms with Crippen molar-refractivity contribution in [1.82, 2.24) is 10.2 Å². The second-order valence-corrected chi connectivity index (χ2v) is 4.96. The molecule has 5 heteroatoms. The Labute approximate surface area is 103 Å². The fraction of sp³-hybridized carbons (Fsp3) is 0.833. The van der Waals surface area contributed by atoms with Crippen molar-refractivity contribution in [2.24, 2.45) is 11.7 Å². The Bertz CT molecular complexity index is 298. The van der Waals surface area contributed by atoms with Gasteiger partial charge in [0, 0.05) is 13.6 Å². The van der Waals surface area contributed by atoms with Crippen LogP contribution in [0.15, 0.2) is 0 Å². The smallest absolute Gasteiger partial charge is 0.243 e. The molecule has 17 heavy (non-hydrogen) atoms. The van der Waals surface area contributed by atoms with Crippen LogP contribution in [-0.2, 0) is 9.59 Å². The summed E-state index contributed by atoms with van der Waals surface area (Å²) >= 11 is 0. The molecule has 1 aliphatic carbocycles. The minimum atomic E-state index is -0.816. The van der Waals surface area contributed by atoms with Crippen LogP contribution in [0.2, 0.25) is 0 Å². The topological polar surface area (TPSA) is 75.4 Å². The average Bonchev–Trinajstić information content (AvgIpc) is 3.11. The third-order valence-electron chi connectivity index (χ3n) is 3.28. The summed E-state index contributed by atoms with van der Waals surface area (Å²) in [4.78, 5) is 25.2. The molecule has 3 N–H and O–H groups in total. The van der Waals surface area contributed by atoms with E-state index in [9.17, 15) is 9.59 Å². The highest BCUT2D eigenvalue weighted by Crippen LogP contribution is 2.38. The van der Waals surface area contributed by atoms with Gasteiger partial charge in [-0.15, -0.1) is 0 Å². The number of nitrogens with two attached hydrogens (primary N) is 1. The standard InChI is InChI=1S/C12H23N3O2/c1-4-7-15(8-10(16)14-3)11(17)12(2,13)9-5-6-9/h9H,4-8,13H2,1-3H3,(H,14,16). The Morgan fingerprint density at radius 1 is 1.47 bits per heavy atom. The number of nitrogens with one attached hydrogen (secondary N) is 1. The predicted octanol–water partition coefficient (Wildman–Crippen LogP) is 0.0984. The summed E-state index contributed by atoms with van der Waals surface area (Å²) in [5, 5.41) is 2.53. The number of nitrogens with zero attached hydrogens (tertiary/aromatic N) is 1. The Morgan fingerprint density at radius 3 is 2.47 bits per heavy atom. The minimum Gasteiger partial charge on any atom is -0.358 e. The fourth-order valence-corrected chi connectivity index (χ4v) is 1.97. The second-order valence-electron chi connectivity index (χ2n) is 4.96. The maximum absolute atomic E-state index is 12.3. The third-order valence-corrected chi connectivity index (χ3v) is 3.28. The van der Waals surface area contributed by atoms with Crippen molar-refractivity contribution in [3.8, 4) is 0 Å². The largest absolute Gasteiger partial charge is 0.358 e. The predicted molar refractivity (Wildman–Crippen MR) is 66.3 cm³/mol. The van der Waals surface area contributed by atoms with Gasteiger partial charge in [-0.05, 0) is 32.1 Å². The number of hydrogen-bond donors (Lipinski definition) is 2. The number of amides is 2. The van der Waals surface area contributed by atoms with Gasteiger partial charge in [0.2, 0.25) is 11.8 Å². The summed E-state index contributed by atoms with van der Waals surface area (Å²) in [6, 6.07) is 0. The molecule has 1 aliphatic rings. The van der Waals surface area contributed by atoms with Crippen molar-refractivity contribution in [3.63, 3.8) is 0 Å². The molecule has 2 amide bonds. The van der Waals surface area contributed by atoms with Gasteiger partial charge in [0.1, 0.15) is 0 Å². The summed E-state index contributed by atoms with van der Waals surface area (Å²) in [6.45, 7) is 4.43. The molecule has 0 radical (unpaired) electrons. The quantitative estimate of drug-likeness (QED) is 0.692. The first-order chi connectivity index (χ1) is 7.93. The van der Waals surface area contributed by atoms with E-state index < -0.39 is 5.54 Å². The second kappa shape index (κ2) is 5.49. The van der Waals surface area contributed by atoms with Crippen molar-refractivity contribution >= 4 is 11.8 Å². The molecule has 0 aliphatic heterocycles. The monoisotopic (exact) mass is 241 g/mol. The SMILES string of the molecule is CCCN(CC(=O)NC)C(=O)C(C)(N)C1CC1. The van der Waals surface area contributed by atoms with Crippen LogP contribution >= 0.6 is 0 Å². The molecule has 1 fully saturated rings. The van der Waals surface area contributed by atoms with Gasteiger partial charge in [-0.1, -0.05) is 6.92 Å². The lowest BCUT2D eigenvalue weighted by Gasteiger charge is -2.31. The van der Waals surface area contributed by atoms with Gasteiger partial charge in [0.15, 0.2) is 0 Å². The van der Waals surface area contributed by atoms with E-state index in [1.54, 1.807) is 18.9 Å². The normalized spacial score (nSPS) is 18.4. The zero-order chi connectivity index (χ0) is 13.1. The Balaban J connectivity index is 2.68. The first kappa shape index (κ1) is 14.0. The van der Waals surface area contributed by atoms with Crippen molar-refractivity contribution in [1.29, 1.82) is 0 Å². The van der Waals surface area contributed by atoms with Crippen LogP contribution < -0.4 is 11.1 Å². The molecule has 0 saturated heterocycles. The van der Waals surface area contributed by atoms with E-state index in [0.29, 0.717) is 6.54 Å². The van der Waals surface area contributed by atoms with E-state index in [-0.39, 0.29) is 24.3 Å². The molecule has 1 atom stereocenters. The van der Waals surface area contributed by atoms with Gasteiger partial charge < -0.3 is 16.0 Å². The molecule has 1 saturated carbocycles. The molecular weight excluding hydrogens is 218 g/mol. The van der Waals surface area contributed by atoms with E-state index in [1.807, 2.05) is 6.92 Å². The Hall–Kier alpha value is -1.10. The Morgan fingerprint density at radius 2 is 2.06 bits per heavy atom. The molecule has 1 unspecified atom stereocenters. The van der Waals surface area contributed by atoms with Crippen LogP contribution in [0.25, 0.3) is 0 Å². The van der Waals surface area contributed by atoms with Gasteiger partial charge in [0.05, 0.1) is 12.1 Å². The lowest BCUT2D eigenvalue weighted by molar-refractivity contribution is -0.140. The molecule has 5 nitrogen and oxygen atoms in total. The molecule has 0 aromatic carbocycles. The summed E-state index contributed by atoms with van der Waals surface area (Å²) in [5.74, 6) is 0.0166. The summed E-state index contributed by atoms with van der Waals surface area (Å²) in [6.07, 6.45) is 2.85. The maximum Gasteiger partial charge on any atom is 0.243 e. The first-order valence-corrected chi connectivity index (χ1v) is 6.22. The zero-order valence-corrected chi connectivity index (χ0v) is 11.0. The van der Waals surface area contributed by atoms with Crippen LogP contribution in [0.1, 0.15) is 33.1 Å². The first-order valence-electron chi connectivity index (χ1n) is 6.22. The maximum atomic E-state index is 12.3. The highest BCUT2D eigenvalue weighted by molar-refractivity contribution is 5.90. The van der Waals surface area contributed by atoms with Crippen molar-refractivity contribution in [2.45, 2.75) is 38.6 Å². The molecule has 98 valence electrons. The number of rotatable bonds is 6. The van der Waals surface area contributed by atoms with Crippen molar-refractivity contribution < 1.29 is 9.59 Å². The minimum absolute atomic E-state index is 0.0999. The molecule has 0 aromatic rings. The van der Waals surface area contributed by atoms with Crippen LogP contribution in [0.5, 0.6) is 0 Å². The van der Waals surface area contributed by atoms with Gasteiger partial charge in [0.25, 0.3) is 0 Å². The molecular formula is C12H23N3O2. The van der Waals surface area contributed by atoms with Crippen LogP contribution in [0, 0.1) is 5.92 Å². The lowest BCUT2D eigenvalue weighted by Crippen LogP contribution is -2.56. The average molecular weight is 241 g/mol. The summed E-state index contributed by atoms with van der Waals surface area (Å²) < 4.78 is 0. The lowest BCUT2D eigenvalue weighted by atomic mass is 9.95. The van der Waals surface area contributed by atoms with Gasteiger partial charge in [-0.25, -0.2) is 0 Å². The van der Waals surface area contributed by atoms with E-state index in [4.69, 9.17) is 5.73 Å². The van der Waals surface area contributed by atoms with Crippen molar-refractivity contribution in [3.05, 3.63) is 0 Å². The van der Waals surface area contributed by atoms with Gasteiger partial charge in [-0.2, -0.15) is 0 Å². The molecule has 0 heterocycles. The van der Waals surface area contributed by atoms with Crippen molar-refractivity contribution in [2.75, 3.05) is 20.1 Å². The molecule has 0 bridgehead atoms. The number of carbonyl (C=O) groups excluding carboxylic acids is 2. The highest BCUT2D eigenvalue weighted by atomic mass is 16.2. The van der Waals surface area contributed by atoms with Crippen LogP contribution in [-0.4, -0.2) is 42.4 Å². The molecule has 0 aromatic heterocycles. The van der Waals surface area contributed by atoms with Gasteiger partial charge >= 0.3 is 0 Å². The zero-order valence-electron chi connectivity index (χ0n) is 11.0. The van der Waals surface area contributed by atoms with E-state index in [0.717, 1.165) is 19.3 Å². The summed E-state index contributed by atoms with van der Waals surface area (Å²) in [5.41, 5.74) is 5.27. The van der Waals surface area contributed by atoms with E-state index in [2.05, 4.69) is 5.32 Å². The third kappa shape index (κ3) is 3.43. The van der Waals surface area contributed by atoms with E-state index >= 15 is 0 Å². The number of likely N-dealkylation sites (N-methyl/N-ethyl adjacent to an activating group) is 1. The summed E-state index contributed by atoms with van der Waals surface area (Å²) in [7, 11) is 1.57. The van der Waals surface area contributed by atoms with Crippen LogP contribution in [0.3, 0.4) is 0 Å². The van der Waals surface area contributed by atoms with E-state index in [1.165, 1.54) is 0 Å². The fourth-order valence-electron chi connectivity index (χ4n) is 1.97. The molecule has 0 spiro atoms.